The van der Waals surface area contributed by atoms with Crippen molar-refractivity contribution in [2.24, 2.45) is 4.99 Å². The Kier molecular flexibility index (Phi) is 3.20. The first kappa shape index (κ1) is 13.7. The summed E-state index contributed by atoms with van der Waals surface area (Å²) in [6, 6.07) is 4.59. The van der Waals surface area contributed by atoms with Crippen molar-refractivity contribution in [1.82, 2.24) is 5.32 Å². The Balaban J connectivity index is 2.08. The third-order valence-corrected chi connectivity index (χ3v) is 4.40. The van der Waals surface area contributed by atoms with Gasteiger partial charge in [0.2, 0.25) is 0 Å². The molecular weight excluding hydrogens is 272 g/mol. The zero-order chi connectivity index (χ0) is 14.5. The molecule has 0 spiro atoms. The molecule has 3 nitrogen and oxygen atoms in total. The molecule has 108 valence electrons. The molecule has 0 amide bonds. The molecular formula is C16H21ClN2O. The van der Waals surface area contributed by atoms with Crippen LogP contribution in [0.4, 0.5) is 0 Å². The minimum Gasteiger partial charge on any atom is -0.487 e. The largest absolute Gasteiger partial charge is 0.487 e. The number of fused-ring (bicyclic) bond motifs is 1. The van der Waals surface area contributed by atoms with E-state index in [2.05, 4.69) is 33.0 Å². The zero-order valence-corrected chi connectivity index (χ0v) is 13.2. The Morgan fingerprint density at radius 3 is 2.75 bits per heavy atom. The van der Waals surface area contributed by atoms with E-state index in [0.717, 1.165) is 35.0 Å². The van der Waals surface area contributed by atoms with E-state index in [1.165, 1.54) is 5.56 Å². The van der Waals surface area contributed by atoms with E-state index in [9.17, 15) is 0 Å². The van der Waals surface area contributed by atoms with Crippen molar-refractivity contribution in [3.05, 3.63) is 28.3 Å². The van der Waals surface area contributed by atoms with E-state index in [0.29, 0.717) is 6.04 Å². The first-order valence-corrected chi connectivity index (χ1v) is 7.60. The van der Waals surface area contributed by atoms with Crippen molar-refractivity contribution in [2.75, 3.05) is 0 Å². The van der Waals surface area contributed by atoms with Crippen LogP contribution in [0.15, 0.2) is 17.1 Å². The smallest absolute Gasteiger partial charge is 0.134 e. The predicted molar refractivity (Wildman–Crippen MR) is 83.1 cm³/mol. The van der Waals surface area contributed by atoms with Crippen LogP contribution in [0.2, 0.25) is 5.02 Å². The van der Waals surface area contributed by atoms with E-state index < -0.39 is 0 Å². The molecule has 1 aromatic carbocycles. The van der Waals surface area contributed by atoms with Gasteiger partial charge in [0.1, 0.15) is 17.2 Å². The standard InChI is InChI=1S/C16H21ClN2O/c1-9-10(2)19-15(18-9)13-8-12(17)7-11-5-6-16(3,4)20-14(11)13/h7-10H,5-6H2,1-4H3,(H,18,19). The number of rotatable bonds is 1. The Bertz CT molecular complexity index is 580. The minimum atomic E-state index is -0.133. The molecule has 2 atom stereocenters. The average molecular weight is 293 g/mol. The van der Waals surface area contributed by atoms with Crippen LogP contribution in [-0.2, 0) is 6.42 Å². The maximum absolute atomic E-state index is 6.27. The number of amidine groups is 1. The number of hydrogen-bond donors (Lipinski definition) is 1. The lowest BCUT2D eigenvalue weighted by atomic mass is 9.92. The average Bonchev–Trinajstić information content (AvgIpc) is 2.68. The fourth-order valence-corrected chi connectivity index (χ4v) is 2.97. The lowest BCUT2D eigenvalue weighted by molar-refractivity contribution is 0.0844. The molecule has 0 bridgehead atoms. The number of halogens is 1. The number of aliphatic imine (C=N–C) groups is 1. The maximum Gasteiger partial charge on any atom is 0.134 e. The molecule has 0 aromatic heterocycles. The van der Waals surface area contributed by atoms with Crippen LogP contribution in [0.3, 0.4) is 0 Å². The van der Waals surface area contributed by atoms with Crippen molar-refractivity contribution >= 4 is 17.4 Å². The summed E-state index contributed by atoms with van der Waals surface area (Å²) < 4.78 is 6.21. The normalized spacial score (nSPS) is 27.4. The molecule has 20 heavy (non-hydrogen) atoms. The highest BCUT2D eigenvalue weighted by Gasteiger charge is 2.32. The highest BCUT2D eigenvalue weighted by Crippen LogP contribution is 2.38. The van der Waals surface area contributed by atoms with E-state index in [4.69, 9.17) is 21.3 Å². The number of ether oxygens (including phenoxy) is 1. The number of benzene rings is 1. The highest BCUT2D eigenvalue weighted by atomic mass is 35.5. The third kappa shape index (κ3) is 2.39. The van der Waals surface area contributed by atoms with E-state index in [1.54, 1.807) is 0 Å². The monoisotopic (exact) mass is 292 g/mol. The third-order valence-electron chi connectivity index (χ3n) is 4.18. The van der Waals surface area contributed by atoms with Crippen molar-refractivity contribution < 1.29 is 4.74 Å². The first-order valence-electron chi connectivity index (χ1n) is 7.22. The SMILES string of the molecule is CC1N=C(c2cc(Cl)cc3c2OC(C)(C)CC3)NC1C. The van der Waals surface area contributed by atoms with Gasteiger partial charge in [-0.2, -0.15) is 0 Å². The molecule has 4 heteroatoms. The number of hydrogen-bond acceptors (Lipinski definition) is 3. The quantitative estimate of drug-likeness (QED) is 0.858. The van der Waals surface area contributed by atoms with Crippen molar-refractivity contribution in [3.63, 3.8) is 0 Å². The molecule has 2 unspecified atom stereocenters. The molecule has 0 radical (unpaired) electrons. The summed E-state index contributed by atoms with van der Waals surface area (Å²) in [5, 5.41) is 4.18. The summed E-state index contributed by atoms with van der Waals surface area (Å²) in [5.74, 6) is 1.85. The van der Waals surface area contributed by atoms with Crippen LogP contribution in [0.5, 0.6) is 5.75 Å². The van der Waals surface area contributed by atoms with Crippen molar-refractivity contribution in [2.45, 2.75) is 58.2 Å². The molecule has 0 saturated heterocycles. The number of nitrogens with zero attached hydrogens (tertiary/aromatic N) is 1. The van der Waals surface area contributed by atoms with Crippen LogP contribution in [0, 0.1) is 0 Å². The van der Waals surface area contributed by atoms with E-state index in [1.807, 2.05) is 12.1 Å². The second-order valence-corrected chi connectivity index (χ2v) is 6.89. The number of aryl methyl sites for hydroxylation is 1. The molecule has 2 aliphatic heterocycles. The van der Waals surface area contributed by atoms with Crippen molar-refractivity contribution in [1.29, 1.82) is 0 Å². The van der Waals surface area contributed by atoms with E-state index in [-0.39, 0.29) is 11.6 Å². The van der Waals surface area contributed by atoms with Gasteiger partial charge in [-0.05, 0) is 58.2 Å². The molecule has 0 saturated carbocycles. The van der Waals surface area contributed by atoms with Crippen LogP contribution >= 0.6 is 11.6 Å². The zero-order valence-electron chi connectivity index (χ0n) is 12.5. The van der Waals surface area contributed by atoms with Crippen LogP contribution in [-0.4, -0.2) is 23.5 Å². The highest BCUT2D eigenvalue weighted by molar-refractivity contribution is 6.31. The van der Waals surface area contributed by atoms with Crippen LogP contribution < -0.4 is 10.1 Å². The second kappa shape index (κ2) is 4.66. The Morgan fingerprint density at radius 1 is 1.35 bits per heavy atom. The van der Waals surface area contributed by atoms with E-state index >= 15 is 0 Å². The lowest BCUT2D eigenvalue weighted by Crippen LogP contribution is -2.35. The summed E-state index contributed by atoms with van der Waals surface area (Å²) in [6.07, 6.45) is 2.00. The van der Waals surface area contributed by atoms with Gasteiger partial charge in [0.05, 0.1) is 11.6 Å². The van der Waals surface area contributed by atoms with Gasteiger partial charge in [-0.15, -0.1) is 0 Å². The molecule has 2 aliphatic rings. The molecule has 1 aromatic rings. The maximum atomic E-state index is 6.27. The minimum absolute atomic E-state index is 0.133. The fraction of sp³-hybridized carbons (Fsp3) is 0.562. The van der Waals surface area contributed by atoms with Gasteiger partial charge in [-0.3, -0.25) is 4.99 Å². The summed E-state index contributed by atoms with van der Waals surface area (Å²) in [4.78, 5) is 4.70. The molecule has 0 fully saturated rings. The fourth-order valence-electron chi connectivity index (χ4n) is 2.73. The predicted octanol–water partition coefficient (Wildman–Crippen LogP) is 3.57. The Hall–Kier alpha value is -1.22. The summed E-state index contributed by atoms with van der Waals surface area (Å²) >= 11 is 6.27. The molecule has 1 N–H and O–H groups in total. The first-order chi connectivity index (χ1) is 9.35. The van der Waals surface area contributed by atoms with Gasteiger partial charge in [0.15, 0.2) is 0 Å². The number of nitrogens with one attached hydrogen (secondary N) is 1. The van der Waals surface area contributed by atoms with Crippen molar-refractivity contribution in [3.8, 4) is 5.75 Å². The lowest BCUT2D eigenvalue weighted by Gasteiger charge is -2.34. The van der Waals surface area contributed by atoms with Gasteiger partial charge in [-0.25, -0.2) is 0 Å². The van der Waals surface area contributed by atoms with Crippen LogP contribution in [0.1, 0.15) is 45.2 Å². The Morgan fingerprint density at radius 2 is 2.10 bits per heavy atom. The molecule has 2 heterocycles. The van der Waals surface area contributed by atoms with Gasteiger partial charge in [0, 0.05) is 11.1 Å². The van der Waals surface area contributed by atoms with Gasteiger partial charge in [-0.1, -0.05) is 11.6 Å². The summed E-state index contributed by atoms with van der Waals surface area (Å²) in [5.41, 5.74) is 2.05. The topological polar surface area (TPSA) is 33.6 Å². The van der Waals surface area contributed by atoms with Gasteiger partial charge >= 0.3 is 0 Å². The molecule has 3 rings (SSSR count). The summed E-state index contributed by atoms with van der Waals surface area (Å²) in [6.45, 7) is 8.52. The van der Waals surface area contributed by atoms with Gasteiger partial charge < -0.3 is 10.1 Å². The van der Waals surface area contributed by atoms with Gasteiger partial charge in [0.25, 0.3) is 0 Å². The van der Waals surface area contributed by atoms with Crippen LogP contribution in [0.25, 0.3) is 0 Å². The Labute approximate surface area is 125 Å². The second-order valence-electron chi connectivity index (χ2n) is 6.45. The molecule has 0 aliphatic carbocycles. The summed E-state index contributed by atoms with van der Waals surface area (Å²) in [7, 11) is 0.